The molecule has 11 nitrogen and oxygen atoms in total. The van der Waals surface area contributed by atoms with Gasteiger partial charge in [0.2, 0.25) is 0 Å². The molecule has 0 aliphatic heterocycles. The summed E-state index contributed by atoms with van der Waals surface area (Å²) in [6.07, 6.45) is 8.23. The van der Waals surface area contributed by atoms with E-state index in [-0.39, 0.29) is 5.91 Å². The zero-order chi connectivity index (χ0) is 34.9. The van der Waals surface area contributed by atoms with Gasteiger partial charge in [0.25, 0.3) is 5.91 Å². The van der Waals surface area contributed by atoms with Gasteiger partial charge >= 0.3 is 11.9 Å². The van der Waals surface area contributed by atoms with Crippen molar-refractivity contribution in [3.63, 3.8) is 0 Å². The van der Waals surface area contributed by atoms with Crippen molar-refractivity contribution < 1.29 is 24.6 Å². The summed E-state index contributed by atoms with van der Waals surface area (Å²) in [5.41, 5.74) is 4.89. The summed E-state index contributed by atoms with van der Waals surface area (Å²) in [6.45, 7) is 7.16. The van der Waals surface area contributed by atoms with Crippen LogP contribution in [0, 0.1) is 0 Å². The fraction of sp³-hybridized carbons (Fsp3) is 0.216. The monoisotopic (exact) mass is 680 g/mol. The summed E-state index contributed by atoms with van der Waals surface area (Å²) >= 11 is 6.29. The zero-order valence-electron chi connectivity index (χ0n) is 27.2. The molecule has 0 radical (unpaired) electrons. The first-order valence-electron chi connectivity index (χ1n) is 15.8. The Labute approximate surface area is 288 Å². The van der Waals surface area contributed by atoms with E-state index in [1.54, 1.807) is 6.07 Å². The van der Waals surface area contributed by atoms with Crippen molar-refractivity contribution in [2.75, 3.05) is 0 Å². The van der Waals surface area contributed by atoms with E-state index in [2.05, 4.69) is 74.9 Å². The van der Waals surface area contributed by atoms with Crippen molar-refractivity contribution in [3.8, 4) is 0 Å². The number of aryl methyl sites for hydroxylation is 2. The van der Waals surface area contributed by atoms with Crippen LogP contribution >= 0.6 is 11.6 Å². The first-order chi connectivity index (χ1) is 23.6. The highest BCUT2D eigenvalue weighted by molar-refractivity contribution is 6.31. The summed E-state index contributed by atoms with van der Waals surface area (Å²) in [7, 11) is 0. The second-order valence-electron chi connectivity index (χ2n) is 11.7. The number of halogens is 1. The quantitative estimate of drug-likeness (QED) is 0.121. The Kier molecular flexibility index (Phi) is 11.3. The molecule has 6 rings (SSSR count). The lowest BCUT2D eigenvalue weighted by Crippen LogP contribution is -2.26. The standard InChI is InChI=1S/C33H33ClN6O.C4H4O4/c1-23(2)31-35-14-18-39(31)16-6-15-38-17-13-26-19-25(9-12-29(26)38)21-36-33(41)32-37-28-11-10-27(34)20-30(28)40(32)22-24-7-4-3-5-8-24;5-3(6)1-2-4(7)8/h3-5,7-14,17-20,23H,6,15-16,21-22H2,1-2H3,(H,36,41);1-2H,(H,5,6)(H,7,8)/b;2-1+. The Morgan fingerprint density at radius 1 is 0.857 bits per heavy atom. The Bertz CT molecular complexity index is 2100. The minimum Gasteiger partial charge on any atom is -0.478 e. The van der Waals surface area contributed by atoms with Crippen LogP contribution in [0.25, 0.3) is 21.9 Å². The van der Waals surface area contributed by atoms with Crippen LogP contribution < -0.4 is 5.32 Å². The van der Waals surface area contributed by atoms with Crippen LogP contribution in [0.5, 0.6) is 0 Å². The van der Waals surface area contributed by atoms with Gasteiger partial charge in [0, 0.05) is 73.4 Å². The highest BCUT2D eigenvalue weighted by Gasteiger charge is 2.18. The van der Waals surface area contributed by atoms with E-state index in [1.807, 2.05) is 53.2 Å². The number of carboxylic acids is 2. The second-order valence-corrected chi connectivity index (χ2v) is 12.2. The number of carbonyl (C=O) groups excluding carboxylic acids is 1. The minimum atomic E-state index is -1.26. The highest BCUT2D eigenvalue weighted by atomic mass is 35.5. The van der Waals surface area contributed by atoms with Crippen molar-refractivity contribution in [3.05, 3.63) is 131 Å². The van der Waals surface area contributed by atoms with Gasteiger partial charge in [0.15, 0.2) is 5.82 Å². The summed E-state index contributed by atoms with van der Waals surface area (Å²) in [5, 5.41) is 20.5. The van der Waals surface area contributed by atoms with Crippen molar-refractivity contribution >= 4 is 51.4 Å². The predicted octanol–water partition coefficient (Wildman–Crippen LogP) is 6.74. The minimum absolute atomic E-state index is 0.216. The number of fused-ring (bicyclic) bond motifs is 2. The molecule has 0 saturated carbocycles. The lowest BCUT2D eigenvalue weighted by molar-refractivity contribution is -0.134. The van der Waals surface area contributed by atoms with E-state index in [0.29, 0.717) is 42.0 Å². The Hall–Kier alpha value is -5.68. The summed E-state index contributed by atoms with van der Waals surface area (Å²) in [6, 6.07) is 24.1. The molecule has 49 heavy (non-hydrogen) atoms. The maximum Gasteiger partial charge on any atom is 0.328 e. The number of aliphatic carboxylic acids is 2. The molecule has 0 saturated heterocycles. The van der Waals surface area contributed by atoms with E-state index in [9.17, 15) is 14.4 Å². The number of rotatable bonds is 12. The molecule has 0 bridgehead atoms. The fourth-order valence-electron chi connectivity index (χ4n) is 5.58. The van der Waals surface area contributed by atoms with Gasteiger partial charge in [-0.25, -0.2) is 19.6 Å². The third-order valence-electron chi connectivity index (χ3n) is 7.82. The number of hydrogen-bond acceptors (Lipinski definition) is 5. The molecule has 0 aliphatic carbocycles. The molecule has 0 fully saturated rings. The maximum atomic E-state index is 13.4. The molecule has 0 aliphatic rings. The van der Waals surface area contributed by atoms with E-state index in [1.165, 1.54) is 5.52 Å². The van der Waals surface area contributed by atoms with Gasteiger partial charge in [0.1, 0.15) is 5.82 Å². The molecule has 3 aromatic heterocycles. The zero-order valence-corrected chi connectivity index (χ0v) is 27.9. The first-order valence-corrected chi connectivity index (χ1v) is 16.2. The summed E-state index contributed by atoms with van der Waals surface area (Å²) in [5.74, 6) is -0.811. The van der Waals surface area contributed by atoms with E-state index < -0.39 is 11.9 Å². The van der Waals surface area contributed by atoms with E-state index >= 15 is 0 Å². The number of carbonyl (C=O) groups is 3. The van der Waals surface area contributed by atoms with Crippen LogP contribution in [-0.2, 0) is 35.8 Å². The van der Waals surface area contributed by atoms with Crippen LogP contribution in [0.15, 0.2) is 104 Å². The molecule has 0 unspecified atom stereocenters. The fourth-order valence-corrected chi connectivity index (χ4v) is 5.74. The van der Waals surface area contributed by atoms with Crippen LogP contribution in [0.2, 0.25) is 5.02 Å². The van der Waals surface area contributed by atoms with Crippen LogP contribution in [0.4, 0.5) is 0 Å². The van der Waals surface area contributed by atoms with Crippen molar-refractivity contribution in [1.82, 2.24) is 29.0 Å². The molecular weight excluding hydrogens is 644 g/mol. The topological polar surface area (TPSA) is 144 Å². The Morgan fingerprint density at radius 2 is 1.59 bits per heavy atom. The average Bonchev–Trinajstić information content (AvgIpc) is 3.81. The number of nitrogens with one attached hydrogen (secondary N) is 1. The largest absolute Gasteiger partial charge is 0.478 e. The molecule has 6 aromatic rings. The number of aromatic nitrogens is 5. The molecule has 0 spiro atoms. The van der Waals surface area contributed by atoms with Gasteiger partial charge < -0.3 is 29.2 Å². The predicted molar refractivity (Wildman–Crippen MR) is 189 cm³/mol. The van der Waals surface area contributed by atoms with Crippen molar-refractivity contribution in [2.24, 2.45) is 0 Å². The smallest absolute Gasteiger partial charge is 0.328 e. The van der Waals surface area contributed by atoms with Crippen LogP contribution in [0.3, 0.4) is 0 Å². The number of nitrogens with zero attached hydrogens (tertiary/aromatic N) is 5. The lowest BCUT2D eigenvalue weighted by atomic mass is 10.1. The average molecular weight is 681 g/mol. The van der Waals surface area contributed by atoms with Gasteiger partial charge in [-0.15, -0.1) is 0 Å². The molecule has 3 aromatic carbocycles. The second kappa shape index (κ2) is 15.9. The molecule has 12 heteroatoms. The van der Waals surface area contributed by atoms with Gasteiger partial charge in [-0.3, -0.25) is 4.79 Å². The molecule has 252 valence electrons. The van der Waals surface area contributed by atoms with Gasteiger partial charge in [-0.1, -0.05) is 61.8 Å². The summed E-state index contributed by atoms with van der Waals surface area (Å²) < 4.78 is 6.48. The van der Waals surface area contributed by atoms with Crippen molar-refractivity contribution in [2.45, 2.75) is 52.4 Å². The number of amides is 1. The van der Waals surface area contributed by atoms with Crippen molar-refractivity contribution in [1.29, 1.82) is 0 Å². The van der Waals surface area contributed by atoms with Gasteiger partial charge in [-0.05, 0) is 59.3 Å². The van der Waals surface area contributed by atoms with Gasteiger partial charge in [-0.2, -0.15) is 0 Å². The number of benzene rings is 3. The molecule has 3 N–H and O–H groups in total. The Morgan fingerprint density at radius 3 is 2.31 bits per heavy atom. The van der Waals surface area contributed by atoms with E-state index in [0.717, 1.165) is 52.9 Å². The number of imidazole rings is 2. The van der Waals surface area contributed by atoms with E-state index in [4.69, 9.17) is 21.8 Å². The third kappa shape index (κ3) is 9.02. The third-order valence-corrected chi connectivity index (χ3v) is 8.05. The molecular formula is C37H37ClN6O5. The number of carboxylic acid groups (broad SMARTS) is 2. The molecule has 3 heterocycles. The van der Waals surface area contributed by atoms with Crippen LogP contribution in [-0.4, -0.2) is 51.7 Å². The lowest BCUT2D eigenvalue weighted by Gasteiger charge is -2.12. The first kappa shape index (κ1) is 34.6. The summed E-state index contributed by atoms with van der Waals surface area (Å²) in [4.78, 5) is 41.7. The Balaban J connectivity index is 0.000000523. The highest BCUT2D eigenvalue weighted by Crippen LogP contribution is 2.23. The van der Waals surface area contributed by atoms with Crippen LogP contribution in [0.1, 0.15) is 53.8 Å². The molecule has 0 atom stereocenters. The number of hydrogen-bond donors (Lipinski definition) is 3. The SMILES string of the molecule is CC(C)c1nccn1CCCn1ccc2cc(CNC(=O)c3nc4ccc(Cl)cc4n3Cc3ccccc3)ccc21.O=C(O)/C=C/C(=O)O. The van der Waals surface area contributed by atoms with Gasteiger partial charge in [0.05, 0.1) is 11.0 Å². The molecule has 1 amide bonds. The maximum absolute atomic E-state index is 13.4. The normalized spacial score (nSPS) is 11.3.